The number of hydrogen-bond acceptors (Lipinski definition) is 5. The fraction of sp³-hybridized carbons (Fsp3) is 0.615. The first kappa shape index (κ1) is 29.0. The fourth-order valence-corrected chi connectivity index (χ4v) is 3.67. The van der Waals surface area contributed by atoms with E-state index in [-0.39, 0.29) is 24.4 Å². The third-order valence-corrected chi connectivity index (χ3v) is 5.28. The second-order valence-corrected chi connectivity index (χ2v) is 9.95. The summed E-state index contributed by atoms with van der Waals surface area (Å²) in [6, 6.07) is 7.22. The zero-order valence-electron chi connectivity index (χ0n) is 21.8. The maximum absolute atomic E-state index is 13.7. The Balaban J connectivity index is 3.43. The Morgan fingerprint density at radius 3 is 2.24 bits per heavy atom. The summed E-state index contributed by atoms with van der Waals surface area (Å²) >= 11 is 0. The van der Waals surface area contributed by atoms with Crippen molar-refractivity contribution in [1.29, 1.82) is 5.26 Å². The summed E-state index contributed by atoms with van der Waals surface area (Å²) in [6.45, 7) is 14.3. The highest BCUT2D eigenvalue weighted by molar-refractivity contribution is 5.92. The lowest BCUT2D eigenvalue weighted by Crippen LogP contribution is -2.55. The van der Waals surface area contributed by atoms with Gasteiger partial charge in [0.25, 0.3) is 0 Å². The van der Waals surface area contributed by atoms with E-state index < -0.39 is 29.7 Å². The predicted octanol–water partition coefficient (Wildman–Crippen LogP) is 4.24. The van der Waals surface area contributed by atoms with E-state index in [1.54, 1.807) is 46.8 Å². The van der Waals surface area contributed by atoms with Crippen molar-refractivity contribution >= 4 is 17.9 Å². The number of nitriles is 1. The molecule has 3 unspecified atom stereocenters. The van der Waals surface area contributed by atoms with E-state index in [1.807, 2.05) is 39.0 Å². The van der Waals surface area contributed by atoms with E-state index in [2.05, 4.69) is 10.6 Å². The molecule has 0 aliphatic heterocycles. The number of benzene rings is 1. The molecule has 3 amide bonds. The van der Waals surface area contributed by atoms with Crippen molar-refractivity contribution in [2.24, 2.45) is 5.92 Å². The van der Waals surface area contributed by atoms with Crippen molar-refractivity contribution in [2.75, 3.05) is 6.54 Å². The molecule has 8 heteroatoms. The molecule has 8 nitrogen and oxygen atoms in total. The lowest BCUT2D eigenvalue weighted by molar-refractivity contribution is -0.142. The standard InChI is InChI=1S/C26H40N4O4/c1-9-12-19(5)28-23(31)22(20-14-11-10-13-18(20)4)30(16-15-27)24(32)21(17(2)3)29-25(33)34-26(6,7)8/h10-11,13-14,17,19,21-22H,9,12,16H2,1-8H3,(H,28,31)(H,29,33). The van der Waals surface area contributed by atoms with Crippen LogP contribution in [0.3, 0.4) is 0 Å². The first-order valence-electron chi connectivity index (χ1n) is 11.8. The third kappa shape index (κ3) is 8.69. The topological polar surface area (TPSA) is 112 Å². The van der Waals surface area contributed by atoms with Gasteiger partial charge in [-0.2, -0.15) is 5.26 Å². The first-order valence-corrected chi connectivity index (χ1v) is 11.8. The Morgan fingerprint density at radius 2 is 1.74 bits per heavy atom. The second-order valence-electron chi connectivity index (χ2n) is 9.95. The zero-order valence-corrected chi connectivity index (χ0v) is 21.8. The number of alkyl carbamates (subject to hydrolysis) is 1. The fourth-order valence-electron chi connectivity index (χ4n) is 3.67. The average molecular weight is 473 g/mol. The largest absolute Gasteiger partial charge is 0.444 e. The maximum Gasteiger partial charge on any atom is 0.408 e. The third-order valence-electron chi connectivity index (χ3n) is 5.28. The average Bonchev–Trinajstić information content (AvgIpc) is 2.71. The van der Waals surface area contributed by atoms with Gasteiger partial charge in [-0.25, -0.2) is 4.79 Å². The van der Waals surface area contributed by atoms with Gasteiger partial charge in [0.2, 0.25) is 11.8 Å². The molecule has 0 aliphatic rings. The number of aryl methyl sites for hydroxylation is 1. The number of carbonyl (C=O) groups excluding carboxylic acids is 3. The highest BCUT2D eigenvalue weighted by Crippen LogP contribution is 2.26. The van der Waals surface area contributed by atoms with Crippen LogP contribution in [0.1, 0.15) is 78.5 Å². The molecule has 1 aromatic carbocycles. The molecule has 0 saturated heterocycles. The minimum absolute atomic E-state index is 0.0937. The second kappa shape index (κ2) is 13.0. The van der Waals surface area contributed by atoms with Crippen molar-refractivity contribution in [3.63, 3.8) is 0 Å². The predicted molar refractivity (Wildman–Crippen MR) is 132 cm³/mol. The first-order chi connectivity index (χ1) is 15.8. The summed E-state index contributed by atoms with van der Waals surface area (Å²) in [5.74, 6) is -1.19. The summed E-state index contributed by atoms with van der Waals surface area (Å²) in [4.78, 5) is 40.9. The van der Waals surface area contributed by atoms with Gasteiger partial charge in [0, 0.05) is 6.04 Å². The normalized spacial score (nSPS) is 13.9. The van der Waals surface area contributed by atoms with Crippen LogP contribution < -0.4 is 10.6 Å². The quantitative estimate of drug-likeness (QED) is 0.495. The van der Waals surface area contributed by atoms with Crippen LogP contribution in [0.2, 0.25) is 0 Å². The number of hydrogen-bond donors (Lipinski definition) is 2. The van der Waals surface area contributed by atoms with Gasteiger partial charge in [0.15, 0.2) is 0 Å². The minimum atomic E-state index is -1.02. The van der Waals surface area contributed by atoms with E-state index >= 15 is 0 Å². The summed E-state index contributed by atoms with van der Waals surface area (Å²) < 4.78 is 5.33. The minimum Gasteiger partial charge on any atom is -0.444 e. The van der Waals surface area contributed by atoms with Crippen LogP contribution in [0.4, 0.5) is 4.79 Å². The molecule has 1 rings (SSSR count). The van der Waals surface area contributed by atoms with E-state index in [9.17, 15) is 19.6 Å². The van der Waals surface area contributed by atoms with Crippen molar-refractivity contribution in [2.45, 2.75) is 92.0 Å². The van der Waals surface area contributed by atoms with Crippen LogP contribution in [0.5, 0.6) is 0 Å². The molecule has 0 aliphatic carbocycles. The number of nitrogens with one attached hydrogen (secondary N) is 2. The van der Waals surface area contributed by atoms with Gasteiger partial charge in [-0.05, 0) is 58.1 Å². The van der Waals surface area contributed by atoms with Gasteiger partial charge in [0.1, 0.15) is 24.2 Å². The number of rotatable bonds is 10. The summed E-state index contributed by atoms with van der Waals surface area (Å²) in [6.07, 6.45) is 0.949. The Labute approximate surface area is 204 Å². The number of ether oxygens (including phenoxy) is 1. The van der Waals surface area contributed by atoms with Crippen molar-refractivity contribution in [3.05, 3.63) is 35.4 Å². The van der Waals surface area contributed by atoms with Gasteiger partial charge in [-0.3, -0.25) is 9.59 Å². The molecular formula is C26H40N4O4. The van der Waals surface area contributed by atoms with Crippen LogP contribution in [0.15, 0.2) is 24.3 Å². The highest BCUT2D eigenvalue weighted by Gasteiger charge is 2.38. The van der Waals surface area contributed by atoms with E-state index in [0.29, 0.717) is 5.56 Å². The Bertz CT molecular complexity index is 886. The number of amides is 3. The van der Waals surface area contributed by atoms with Crippen LogP contribution in [0, 0.1) is 24.2 Å². The van der Waals surface area contributed by atoms with Crippen molar-refractivity contribution < 1.29 is 19.1 Å². The molecule has 0 aromatic heterocycles. The van der Waals surface area contributed by atoms with Gasteiger partial charge in [0.05, 0.1) is 6.07 Å². The lowest BCUT2D eigenvalue weighted by Gasteiger charge is -2.35. The molecule has 188 valence electrons. The van der Waals surface area contributed by atoms with Gasteiger partial charge in [-0.15, -0.1) is 0 Å². The molecular weight excluding hydrogens is 432 g/mol. The molecule has 0 bridgehead atoms. The number of nitrogens with zero attached hydrogens (tertiary/aromatic N) is 2. The molecule has 1 aromatic rings. The molecule has 3 atom stereocenters. The summed E-state index contributed by atoms with van der Waals surface area (Å²) in [5, 5.41) is 15.2. The summed E-state index contributed by atoms with van der Waals surface area (Å²) in [5.41, 5.74) is 0.717. The van der Waals surface area contributed by atoms with Crippen molar-refractivity contribution in [3.8, 4) is 6.07 Å². The van der Waals surface area contributed by atoms with Gasteiger partial charge in [-0.1, -0.05) is 51.5 Å². The Kier molecular flexibility index (Phi) is 11.0. The van der Waals surface area contributed by atoms with Crippen LogP contribution in [-0.2, 0) is 14.3 Å². The zero-order chi connectivity index (χ0) is 26.1. The van der Waals surface area contributed by atoms with Gasteiger partial charge >= 0.3 is 6.09 Å². The summed E-state index contributed by atoms with van der Waals surface area (Å²) in [7, 11) is 0. The molecule has 0 spiro atoms. The molecule has 34 heavy (non-hydrogen) atoms. The smallest absolute Gasteiger partial charge is 0.408 e. The SMILES string of the molecule is CCCC(C)NC(=O)C(c1ccccc1C)N(CC#N)C(=O)C(NC(=O)OC(C)(C)C)C(C)C. The number of carbonyl (C=O) groups is 3. The molecule has 0 saturated carbocycles. The maximum atomic E-state index is 13.7. The molecule has 0 fully saturated rings. The van der Waals surface area contributed by atoms with Gasteiger partial charge < -0.3 is 20.3 Å². The lowest BCUT2D eigenvalue weighted by atomic mass is 9.96. The Morgan fingerprint density at radius 1 is 1.12 bits per heavy atom. The highest BCUT2D eigenvalue weighted by atomic mass is 16.6. The molecule has 2 N–H and O–H groups in total. The molecule has 0 heterocycles. The van der Waals surface area contributed by atoms with Crippen molar-refractivity contribution in [1.82, 2.24) is 15.5 Å². The monoisotopic (exact) mass is 472 g/mol. The van der Waals surface area contributed by atoms with Crippen LogP contribution in [0.25, 0.3) is 0 Å². The van der Waals surface area contributed by atoms with Crippen LogP contribution >= 0.6 is 0 Å². The van der Waals surface area contributed by atoms with E-state index in [0.717, 1.165) is 18.4 Å². The molecule has 0 radical (unpaired) electrons. The Hall–Kier alpha value is -3.08. The van der Waals surface area contributed by atoms with E-state index in [4.69, 9.17) is 4.74 Å². The van der Waals surface area contributed by atoms with Crippen LogP contribution in [-0.4, -0.2) is 47.0 Å². The van der Waals surface area contributed by atoms with E-state index in [1.165, 1.54) is 4.90 Å².